The lowest BCUT2D eigenvalue weighted by Gasteiger charge is -2.11. The number of nitrogens with zero attached hydrogens (tertiary/aromatic N) is 4. The Hall–Kier alpha value is -2.69. The molecule has 23 heavy (non-hydrogen) atoms. The Morgan fingerprint density at radius 1 is 1.39 bits per heavy atom. The molecule has 0 fully saturated rings. The van der Waals surface area contributed by atoms with Gasteiger partial charge in [0.15, 0.2) is 0 Å². The zero-order valence-corrected chi connectivity index (χ0v) is 12.6. The van der Waals surface area contributed by atoms with E-state index in [1.165, 1.54) is 10.7 Å². The molecule has 0 saturated carbocycles. The van der Waals surface area contributed by atoms with Gasteiger partial charge in [-0.05, 0) is 24.3 Å². The third-order valence-electron chi connectivity index (χ3n) is 2.96. The van der Waals surface area contributed by atoms with E-state index in [2.05, 4.69) is 36.9 Å². The quantitative estimate of drug-likeness (QED) is 0.298. The number of H-pyrrole nitrogens is 1. The minimum absolute atomic E-state index is 0.351. The molecule has 3 aromatic rings. The van der Waals surface area contributed by atoms with Crippen LogP contribution in [0.3, 0.4) is 0 Å². The van der Waals surface area contributed by atoms with Gasteiger partial charge in [-0.1, -0.05) is 12.2 Å². The highest BCUT2D eigenvalue weighted by Gasteiger charge is 2.08. The molecule has 118 valence electrons. The molecule has 4 N–H and O–H groups in total. The second-order valence-corrected chi connectivity index (χ2v) is 4.92. The maximum atomic E-state index is 14.1. The van der Waals surface area contributed by atoms with Crippen LogP contribution in [0.15, 0.2) is 42.9 Å². The van der Waals surface area contributed by atoms with Crippen LogP contribution in [0.25, 0.3) is 5.69 Å². The van der Waals surface area contributed by atoms with Gasteiger partial charge in [-0.2, -0.15) is 26.0 Å². The minimum atomic E-state index is -0.411. The number of aromatic amines is 1. The number of hydrazine groups is 2. The molecular weight excluding hydrogens is 319 g/mol. The Balaban J connectivity index is 1.56. The summed E-state index contributed by atoms with van der Waals surface area (Å²) in [5, 5.41) is 14.1. The number of hydrogen-bond acceptors (Lipinski definition) is 6. The molecule has 1 aromatic carbocycles. The molecule has 0 bridgehead atoms. The molecule has 0 unspecified atom stereocenters. The lowest BCUT2D eigenvalue weighted by Crippen LogP contribution is -2.45. The molecule has 0 aliphatic carbocycles. The summed E-state index contributed by atoms with van der Waals surface area (Å²) in [5.41, 5.74) is 9.99. The molecule has 8 nitrogen and oxygen atoms in total. The lowest BCUT2D eigenvalue weighted by atomic mass is 10.2. The lowest BCUT2D eigenvalue weighted by molar-refractivity contribution is 0.500. The van der Waals surface area contributed by atoms with Gasteiger partial charge in [-0.15, -0.1) is 0 Å². The Kier molecular flexibility index (Phi) is 4.66. The highest BCUT2D eigenvalue weighted by molar-refractivity contribution is 7.80. The maximum Gasteiger partial charge on any atom is 0.149 e. The van der Waals surface area contributed by atoms with Gasteiger partial charge in [0, 0.05) is 18.0 Å². The third-order valence-corrected chi connectivity index (χ3v) is 3.30. The second-order valence-electron chi connectivity index (χ2n) is 4.51. The molecule has 0 aliphatic heterocycles. The van der Waals surface area contributed by atoms with Crippen molar-refractivity contribution in [2.75, 3.05) is 0 Å². The van der Waals surface area contributed by atoms with E-state index in [0.717, 1.165) is 5.69 Å². The van der Waals surface area contributed by atoms with E-state index < -0.39 is 5.82 Å². The van der Waals surface area contributed by atoms with Crippen LogP contribution in [0.2, 0.25) is 0 Å². The summed E-state index contributed by atoms with van der Waals surface area (Å²) in [6.45, 7) is 0.443. The van der Waals surface area contributed by atoms with Crippen LogP contribution in [-0.2, 0) is 6.54 Å². The summed E-state index contributed by atoms with van der Waals surface area (Å²) in [6, 6.07) is 6.42. The van der Waals surface area contributed by atoms with E-state index >= 15 is 0 Å². The van der Waals surface area contributed by atoms with Crippen molar-refractivity contribution in [3.8, 4) is 5.69 Å². The van der Waals surface area contributed by atoms with Crippen molar-refractivity contribution < 1.29 is 4.39 Å². The highest BCUT2D eigenvalue weighted by atomic mass is 32.1. The van der Waals surface area contributed by atoms with Crippen LogP contribution in [-0.4, -0.2) is 30.2 Å². The first-order valence-electron chi connectivity index (χ1n) is 6.66. The molecule has 0 atom stereocenters. The number of halogens is 1. The topological polar surface area (TPSA) is 95.5 Å². The van der Waals surface area contributed by atoms with Crippen LogP contribution < -0.4 is 16.4 Å². The summed E-state index contributed by atoms with van der Waals surface area (Å²) in [6.07, 6.45) is 4.85. The zero-order chi connectivity index (χ0) is 16.1. The van der Waals surface area contributed by atoms with Crippen LogP contribution in [0, 0.1) is 5.82 Å². The van der Waals surface area contributed by atoms with Crippen molar-refractivity contribution in [1.29, 1.82) is 0 Å². The molecule has 2 heterocycles. The average molecular weight is 332 g/mol. The Bertz CT molecular complexity index is 771. The maximum absolute atomic E-state index is 14.1. The van der Waals surface area contributed by atoms with Crippen molar-refractivity contribution in [2.24, 2.45) is 0 Å². The Morgan fingerprint density at radius 2 is 2.30 bits per heavy atom. The number of rotatable bonds is 6. The number of hydrogen-bond donors (Lipinski definition) is 4. The molecule has 0 aliphatic rings. The first-order valence-corrected chi connectivity index (χ1v) is 7.07. The minimum Gasteiger partial charge on any atom is -0.298 e. The summed E-state index contributed by atoms with van der Waals surface area (Å²) < 4.78 is 15.6. The van der Waals surface area contributed by atoms with Crippen molar-refractivity contribution in [3.63, 3.8) is 0 Å². The third kappa shape index (κ3) is 3.74. The molecule has 0 spiro atoms. The number of thiocarbonyl (C=S) groups is 1. The monoisotopic (exact) mass is 332 g/mol. The number of nitrogens with one attached hydrogen (secondary N) is 4. The second kappa shape index (κ2) is 7.05. The van der Waals surface area contributed by atoms with Crippen LogP contribution >= 0.6 is 12.2 Å². The zero-order valence-electron chi connectivity index (χ0n) is 11.8. The summed E-state index contributed by atoms with van der Waals surface area (Å²) in [4.78, 5) is 0.351. The van der Waals surface area contributed by atoms with Gasteiger partial charge in [-0.25, -0.2) is 14.5 Å². The number of aromatic nitrogens is 5. The van der Waals surface area contributed by atoms with Crippen LogP contribution in [0.4, 0.5) is 4.39 Å². The van der Waals surface area contributed by atoms with Crippen molar-refractivity contribution in [1.82, 2.24) is 41.6 Å². The normalized spacial score (nSPS) is 10.7. The first kappa shape index (κ1) is 15.2. The van der Waals surface area contributed by atoms with Gasteiger partial charge < -0.3 is 0 Å². The fraction of sp³-hybridized carbons (Fsp3) is 0.0769. The van der Waals surface area contributed by atoms with Crippen molar-refractivity contribution >= 4 is 17.2 Å². The van der Waals surface area contributed by atoms with Gasteiger partial charge in [0.1, 0.15) is 16.5 Å². The molecule has 0 radical (unpaired) electrons. The molecule has 0 saturated heterocycles. The fourth-order valence-electron chi connectivity index (χ4n) is 1.86. The summed E-state index contributed by atoms with van der Waals surface area (Å²) in [7, 11) is 0. The Morgan fingerprint density at radius 3 is 3.00 bits per heavy atom. The molecule has 0 amide bonds. The van der Waals surface area contributed by atoms with E-state index in [9.17, 15) is 4.39 Å². The van der Waals surface area contributed by atoms with E-state index in [-0.39, 0.29) is 0 Å². The Labute approximate surface area is 136 Å². The molecule has 2 aromatic heterocycles. The molecular formula is C13H13FN8S. The van der Waals surface area contributed by atoms with E-state index in [1.807, 2.05) is 0 Å². The van der Waals surface area contributed by atoms with Crippen molar-refractivity contribution in [2.45, 2.75) is 6.54 Å². The fourth-order valence-corrected chi connectivity index (χ4v) is 2.04. The summed E-state index contributed by atoms with van der Waals surface area (Å²) >= 11 is 5.20. The van der Waals surface area contributed by atoms with Gasteiger partial charge in [0.05, 0.1) is 18.4 Å². The number of benzene rings is 1. The molecule has 10 heteroatoms. The van der Waals surface area contributed by atoms with Gasteiger partial charge in [0.25, 0.3) is 0 Å². The van der Waals surface area contributed by atoms with E-state index in [1.54, 1.807) is 36.8 Å². The standard InChI is InChI=1S/C13H13FN8S/c14-11-6-9(2-3-12(11)22-5-1-4-17-22)13(23)19-21-16-8-10-7-15-20-18-10/h1-7,16,21H,8H2,(H,19,23)(H,15,18,20). The van der Waals surface area contributed by atoms with E-state index in [4.69, 9.17) is 12.2 Å². The summed E-state index contributed by atoms with van der Waals surface area (Å²) in [5.74, 6) is -0.411. The first-order chi connectivity index (χ1) is 11.2. The predicted octanol–water partition coefficient (Wildman–Crippen LogP) is 0.604. The highest BCUT2D eigenvalue weighted by Crippen LogP contribution is 2.14. The van der Waals surface area contributed by atoms with Crippen molar-refractivity contribution in [3.05, 3.63) is 59.9 Å². The van der Waals surface area contributed by atoms with E-state index in [0.29, 0.717) is 22.8 Å². The van der Waals surface area contributed by atoms with Crippen LogP contribution in [0.1, 0.15) is 11.3 Å². The SMILES string of the molecule is Fc1cc(C(=S)NNNCc2cn[nH]n2)ccc1-n1cccn1. The van der Waals surface area contributed by atoms with Gasteiger partial charge >= 0.3 is 0 Å². The van der Waals surface area contributed by atoms with Gasteiger partial charge in [0.2, 0.25) is 0 Å². The largest absolute Gasteiger partial charge is 0.298 e. The molecule has 3 rings (SSSR count). The van der Waals surface area contributed by atoms with Crippen LogP contribution in [0.5, 0.6) is 0 Å². The predicted molar refractivity (Wildman–Crippen MR) is 84.7 cm³/mol. The smallest absolute Gasteiger partial charge is 0.149 e. The van der Waals surface area contributed by atoms with Gasteiger partial charge in [-0.3, -0.25) is 5.43 Å². The average Bonchev–Trinajstić information content (AvgIpc) is 3.24.